The molecule has 3 rings (SSSR count). The van der Waals surface area contributed by atoms with Gasteiger partial charge in [0.1, 0.15) is 5.75 Å². The molecule has 2 aliphatic rings. The van der Waals surface area contributed by atoms with Crippen molar-refractivity contribution < 1.29 is 5.11 Å². The summed E-state index contributed by atoms with van der Waals surface area (Å²) in [5.74, 6) is 3.82. The van der Waals surface area contributed by atoms with Crippen molar-refractivity contribution in [2.45, 2.75) is 84.5 Å². The number of benzene rings is 1. The van der Waals surface area contributed by atoms with Crippen molar-refractivity contribution in [3.8, 4) is 5.75 Å². The molecule has 2 unspecified atom stereocenters. The summed E-state index contributed by atoms with van der Waals surface area (Å²) in [7, 11) is 0. The van der Waals surface area contributed by atoms with Gasteiger partial charge in [0, 0.05) is 0 Å². The molecular formula is C22H36O. The highest BCUT2D eigenvalue weighted by molar-refractivity contribution is 5.25. The molecule has 1 aromatic rings. The minimum absolute atomic E-state index is 0.364. The van der Waals surface area contributed by atoms with E-state index < -0.39 is 0 Å². The Morgan fingerprint density at radius 3 is 1.91 bits per heavy atom. The van der Waals surface area contributed by atoms with Crippen molar-refractivity contribution in [2.75, 3.05) is 0 Å². The molecule has 0 bridgehead atoms. The number of fused-ring (bicyclic) bond motifs is 1. The van der Waals surface area contributed by atoms with Gasteiger partial charge in [-0.15, -0.1) is 0 Å². The Balaban J connectivity index is 0.000000223. The second-order valence-corrected chi connectivity index (χ2v) is 7.87. The lowest BCUT2D eigenvalue weighted by molar-refractivity contribution is 0.475. The minimum Gasteiger partial charge on any atom is -0.508 e. The van der Waals surface area contributed by atoms with E-state index >= 15 is 0 Å². The Morgan fingerprint density at radius 1 is 0.826 bits per heavy atom. The molecule has 1 heteroatoms. The van der Waals surface area contributed by atoms with Crippen LogP contribution in [-0.2, 0) is 6.42 Å². The van der Waals surface area contributed by atoms with E-state index in [1.165, 1.54) is 62.3 Å². The fraction of sp³-hybridized carbons (Fsp3) is 0.727. The fourth-order valence-corrected chi connectivity index (χ4v) is 3.97. The van der Waals surface area contributed by atoms with Crippen LogP contribution >= 0.6 is 0 Å². The average Bonchev–Trinajstić information content (AvgIpc) is 3.16. The fourth-order valence-electron chi connectivity index (χ4n) is 3.97. The van der Waals surface area contributed by atoms with Gasteiger partial charge in [0.05, 0.1) is 0 Å². The van der Waals surface area contributed by atoms with Crippen molar-refractivity contribution in [3.05, 3.63) is 29.8 Å². The van der Waals surface area contributed by atoms with E-state index in [2.05, 4.69) is 13.8 Å². The summed E-state index contributed by atoms with van der Waals surface area (Å²) in [5.41, 5.74) is 1.34. The highest BCUT2D eigenvalue weighted by Gasteiger charge is 2.43. The summed E-state index contributed by atoms with van der Waals surface area (Å²) >= 11 is 0. The maximum atomic E-state index is 9.15. The van der Waals surface area contributed by atoms with Gasteiger partial charge >= 0.3 is 0 Å². The first-order valence-electron chi connectivity index (χ1n) is 9.97. The molecular weight excluding hydrogens is 280 g/mol. The number of aromatic hydroxyl groups is 1. The molecule has 2 aliphatic carbocycles. The highest BCUT2D eigenvalue weighted by atomic mass is 16.3. The van der Waals surface area contributed by atoms with E-state index in [1.807, 2.05) is 12.1 Å². The van der Waals surface area contributed by atoms with Gasteiger partial charge in [0.2, 0.25) is 0 Å². The van der Waals surface area contributed by atoms with Gasteiger partial charge in [-0.1, -0.05) is 64.5 Å². The van der Waals surface area contributed by atoms with Crippen LogP contribution in [-0.4, -0.2) is 5.11 Å². The van der Waals surface area contributed by atoms with E-state index in [0.29, 0.717) is 5.75 Å². The van der Waals surface area contributed by atoms with Gasteiger partial charge in [-0.3, -0.25) is 0 Å². The molecule has 0 aliphatic heterocycles. The monoisotopic (exact) mass is 316 g/mol. The van der Waals surface area contributed by atoms with E-state index in [-0.39, 0.29) is 0 Å². The average molecular weight is 317 g/mol. The maximum Gasteiger partial charge on any atom is 0.115 e. The topological polar surface area (TPSA) is 20.2 Å². The number of hydrogen-bond acceptors (Lipinski definition) is 1. The van der Waals surface area contributed by atoms with Crippen LogP contribution in [0.15, 0.2) is 24.3 Å². The van der Waals surface area contributed by atoms with Crippen molar-refractivity contribution >= 4 is 0 Å². The normalized spacial score (nSPS) is 24.7. The summed E-state index contributed by atoms with van der Waals surface area (Å²) in [6.07, 6.45) is 15.3. The second-order valence-electron chi connectivity index (χ2n) is 7.87. The minimum atomic E-state index is 0.364. The zero-order valence-corrected chi connectivity index (χ0v) is 15.3. The van der Waals surface area contributed by atoms with Crippen molar-refractivity contribution in [2.24, 2.45) is 17.8 Å². The first kappa shape index (κ1) is 18.4. The van der Waals surface area contributed by atoms with Gasteiger partial charge in [-0.05, 0) is 67.6 Å². The van der Waals surface area contributed by atoms with Gasteiger partial charge < -0.3 is 5.11 Å². The van der Waals surface area contributed by atoms with Crippen molar-refractivity contribution in [3.63, 3.8) is 0 Å². The molecule has 2 fully saturated rings. The first-order valence-corrected chi connectivity index (χ1v) is 9.97. The predicted molar refractivity (Wildman–Crippen MR) is 99.8 cm³/mol. The first-order chi connectivity index (χ1) is 11.2. The molecule has 0 saturated heterocycles. The number of aryl methyl sites for hydroxylation is 1. The van der Waals surface area contributed by atoms with Gasteiger partial charge in [0.25, 0.3) is 0 Å². The molecule has 0 spiro atoms. The van der Waals surface area contributed by atoms with Crippen molar-refractivity contribution in [1.29, 1.82) is 0 Å². The number of unbranched alkanes of at least 4 members (excludes halogenated alkanes) is 6. The molecule has 0 radical (unpaired) electrons. The maximum absolute atomic E-state index is 9.15. The van der Waals surface area contributed by atoms with E-state index in [9.17, 15) is 0 Å². The lowest BCUT2D eigenvalue weighted by Crippen LogP contribution is -1.86. The molecule has 130 valence electrons. The van der Waals surface area contributed by atoms with E-state index in [4.69, 9.17) is 5.11 Å². The Kier molecular flexibility index (Phi) is 7.99. The Hall–Kier alpha value is -0.980. The summed E-state index contributed by atoms with van der Waals surface area (Å²) in [5, 5.41) is 9.15. The molecule has 2 saturated carbocycles. The van der Waals surface area contributed by atoms with Crippen LogP contribution in [0.2, 0.25) is 0 Å². The van der Waals surface area contributed by atoms with E-state index in [1.54, 1.807) is 31.4 Å². The molecule has 23 heavy (non-hydrogen) atoms. The highest BCUT2D eigenvalue weighted by Crippen LogP contribution is 2.53. The molecule has 0 aromatic heterocycles. The van der Waals surface area contributed by atoms with Crippen LogP contribution in [0.5, 0.6) is 5.75 Å². The quantitative estimate of drug-likeness (QED) is 0.527. The second kappa shape index (κ2) is 10.0. The predicted octanol–water partition coefficient (Wildman–Crippen LogP) is 6.74. The van der Waals surface area contributed by atoms with Crippen LogP contribution in [0, 0.1) is 17.8 Å². The zero-order valence-electron chi connectivity index (χ0n) is 15.3. The third-order valence-corrected chi connectivity index (χ3v) is 5.48. The van der Waals surface area contributed by atoms with Gasteiger partial charge in [0.15, 0.2) is 0 Å². The molecule has 0 heterocycles. The third kappa shape index (κ3) is 7.42. The summed E-state index contributed by atoms with van der Waals surface area (Å²) in [4.78, 5) is 0. The largest absolute Gasteiger partial charge is 0.508 e. The lowest BCUT2D eigenvalue weighted by Gasteiger charge is -2.02. The number of phenols is 1. The van der Waals surface area contributed by atoms with E-state index in [0.717, 1.165) is 12.3 Å². The molecule has 1 aromatic carbocycles. The number of phenolic OH excluding ortho intramolecular Hbond substituents is 1. The molecule has 2 atom stereocenters. The molecule has 0 amide bonds. The summed E-state index contributed by atoms with van der Waals surface area (Å²) in [6.45, 7) is 4.64. The Bertz CT molecular complexity index is 412. The summed E-state index contributed by atoms with van der Waals surface area (Å²) in [6, 6.07) is 7.59. The lowest BCUT2D eigenvalue weighted by atomic mass is 10.0. The van der Waals surface area contributed by atoms with Crippen LogP contribution in [0.25, 0.3) is 0 Å². The van der Waals surface area contributed by atoms with Gasteiger partial charge in [-0.25, -0.2) is 0 Å². The SMILES string of the molecule is CC1CC2CC2C1.CCCCCCCCCc1ccc(O)cc1. The van der Waals surface area contributed by atoms with Gasteiger partial charge in [-0.2, -0.15) is 0 Å². The standard InChI is InChI=1S/C15H24O.C7H12/c1-2-3-4-5-6-7-8-9-14-10-12-15(16)13-11-14;1-5-2-6-4-7(6)3-5/h10-13,16H,2-9H2,1H3;5-7H,2-4H2,1H3. The smallest absolute Gasteiger partial charge is 0.115 e. The number of rotatable bonds is 8. The zero-order chi connectivity index (χ0) is 16.5. The third-order valence-electron chi connectivity index (χ3n) is 5.48. The Labute approximate surface area is 143 Å². The van der Waals surface area contributed by atoms with Crippen LogP contribution < -0.4 is 0 Å². The van der Waals surface area contributed by atoms with Crippen LogP contribution in [0.4, 0.5) is 0 Å². The summed E-state index contributed by atoms with van der Waals surface area (Å²) < 4.78 is 0. The van der Waals surface area contributed by atoms with Crippen LogP contribution in [0.3, 0.4) is 0 Å². The van der Waals surface area contributed by atoms with Crippen molar-refractivity contribution in [1.82, 2.24) is 0 Å². The van der Waals surface area contributed by atoms with Crippen LogP contribution in [0.1, 0.15) is 83.6 Å². The number of hydrogen-bond donors (Lipinski definition) is 1. The Morgan fingerprint density at radius 2 is 1.39 bits per heavy atom. The molecule has 1 nitrogen and oxygen atoms in total. The molecule has 1 N–H and O–H groups in total.